The van der Waals surface area contributed by atoms with Crippen molar-refractivity contribution in [2.45, 2.75) is 194 Å². The number of ether oxygens (including phenoxy) is 2. The van der Waals surface area contributed by atoms with E-state index < -0.39 is 0 Å². The predicted molar refractivity (Wildman–Crippen MR) is 206 cm³/mol. The highest BCUT2D eigenvalue weighted by atomic mass is 16.5. The van der Waals surface area contributed by atoms with Crippen LogP contribution >= 0.6 is 0 Å². The zero-order valence-corrected chi connectivity index (χ0v) is 31.5. The molecule has 0 aliphatic heterocycles. The van der Waals surface area contributed by atoms with E-state index >= 15 is 0 Å². The summed E-state index contributed by atoms with van der Waals surface area (Å²) in [4.78, 5) is 25.0. The van der Waals surface area contributed by atoms with Crippen molar-refractivity contribution in [1.29, 1.82) is 0 Å². The summed E-state index contributed by atoms with van der Waals surface area (Å²) in [6.07, 6.45) is 44.5. The van der Waals surface area contributed by atoms with Crippen molar-refractivity contribution in [3.8, 4) is 0 Å². The number of esters is 2. The average Bonchev–Trinajstić information content (AvgIpc) is 3.10. The van der Waals surface area contributed by atoms with E-state index in [4.69, 9.17) is 9.47 Å². The summed E-state index contributed by atoms with van der Waals surface area (Å²) in [5.74, 6) is -0.739. The normalized spacial score (nSPS) is 11.5. The van der Waals surface area contributed by atoms with E-state index in [2.05, 4.69) is 38.2 Å². The van der Waals surface area contributed by atoms with Crippen LogP contribution in [0.3, 0.4) is 0 Å². The van der Waals surface area contributed by atoms with Crippen LogP contribution in [-0.4, -0.2) is 25.2 Å². The third-order valence-electron chi connectivity index (χ3n) is 9.11. The summed E-state index contributed by atoms with van der Waals surface area (Å²) in [7, 11) is 0. The lowest BCUT2D eigenvalue weighted by Crippen LogP contribution is -2.10. The quantitative estimate of drug-likeness (QED) is 0.0417. The maximum absolute atomic E-state index is 12.5. The zero-order valence-electron chi connectivity index (χ0n) is 31.5. The van der Waals surface area contributed by atoms with E-state index in [1.54, 1.807) is 24.3 Å². The van der Waals surface area contributed by atoms with Gasteiger partial charge in [-0.25, -0.2) is 9.59 Å². The van der Waals surface area contributed by atoms with Crippen molar-refractivity contribution in [3.05, 3.63) is 59.7 Å². The van der Waals surface area contributed by atoms with E-state index in [-0.39, 0.29) is 11.9 Å². The second-order valence-electron chi connectivity index (χ2n) is 13.7. The molecule has 0 heterocycles. The first-order chi connectivity index (χ1) is 23.7. The van der Waals surface area contributed by atoms with E-state index in [0.717, 1.165) is 25.7 Å². The van der Waals surface area contributed by atoms with E-state index in [1.807, 2.05) is 0 Å². The summed E-state index contributed by atoms with van der Waals surface area (Å²) < 4.78 is 11.0. The number of hydrogen-bond donors (Lipinski definition) is 0. The fourth-order valence-electron chi connectivity index (χ4n) is 5.97. The summed E-state index contributed by atoms with van der Waals surface area (Å²) in [6, 6.07) is 6.72. The Kier molecular flexibility index (Phi) is 31.4. The summed E-state index contributed by atoms with van der Waals surface area (Å²) in [6.45, 7) is 5.38. The number of rotatable bonds is 34. The van der Waals surface area contributed by atoms with Gasteiger partial charge in [-0.2, -0.15) is 0 Å². The molecular weight excluding hydrogens is 592 g/mol. The zero-order chi connectivity index (χ0) is 34.6. The van der Waals surface area contributed by atoms with Crippen molar-refractivity contribution in [2.24, 2.45) is 0 Å². The Bertz CT molecular complexity index is 862. The van der Waals surface area contributed by atoms with Crippen LogP contribution in [0.25, 0.3) is 0 Å². The smallest absolute Gasteiger partial charge is 0.338 e. The van der Waals surface area contributed by atoms with Gasteiger partial charge in [-0.3, -0.25) is 0 Å². The summed E-state index contributed by atoms with van der Waals surface area (Å²) in [5, 5.41) is 0. The van der Waals surface area contributed by atoms with Gasteiger partial charge in [-0.1, -0.05) is 160 Å². The molecule has 0 fully saturated rings. The van der Waals surface area contributed by atoms with Gasteiger partial charge in [-0.15, -0.1) is 0 Å². The molecule has 0 N–H and O–H groups in total. The fourth-order valence-corrected chi connectivity index (χ4v) is 5.97. The maximum atomic E-state index is 12.5. The lowest BCUT2D eigenvalue weighted by atomic mass is 10.1. The minimum atomic E-state index is -0.370. The van der Waals surface area contributed by atoms with Crippen LogP contribution in [-0.2, 0) is 9.47 Å². The molecule has 48 heavy (non-hydrogen) atoms. The van der Waals surface area contributed by atoms with Gasteiger partial charge in [-0.05, 0) is 82.4 Å². The molecule has 0 bridgehead atoms. The Morgan fingerprint density at radius 3 is 1.06 bits per heavy atom. The van der Waals surface area contributed by atoms with Gasteiger partial charge >= 0.3 is 11.9 Å². The Morgan fingerprint density at radius 1 is 0.438 bits per heavy atom. The monoisotopic (exact) mass is 667 g/mol. The van der Waals surface area contributed by atoms with Gasteiger partial charge in [0.25, 0.3) is 0 Å². The number of carbonyl (C=O) groups excluding carboxylic acids is 2. The van der Waals surface area contributed by atoms with Gasteiger partial charge in [0.2, 0.25) is 0 Å². The Hall–Kier alpha value is -2.36. The molecule has 0 atom stereocenters. The molecule has 1 aromatic rings. The standard InChI is InChI=1S/C44H74O4/c1-3-5-7-9-11-13-15-17-19-21-23-25-27-29-31-33-38-47-43(45)41-36-35-37-42(40-41)44(46)48-39-34-32-30-28-26-24-22-20-18-16-14-12-10-8-6-4-2/h17-20,35-37,40H,3-16,21-34,38-39H2,1-2H3/b19-17-,20-18-. The van der Waals surface area contributed by atoms with Gasteiger partial charge in [0.15, 0.2) is 0 Å². The second kappa shape index (κ2) is 34.5. The number of hydrogen-bond acceptors (Lipinski definition) is 4. The minimum Gasteiger partial charge on any atom is -0.462 e. The van der Waals surface area contributed by atoms with E-state index in [1.165, 1.54) is 154 Å². The molecule has 0 aliphatic rings. The third kappa shape index (κ3) is 27.6. The predicted octanol–water partition coefficient (Wildman–Crippen LogP) is 14.1. The number of benzene rings is 1. The Labute approximate surface area is 296 Å². The number of unbranched alkanes of at least 4 members (excludes halogenated alkanes) is 24. The molecule has 0 spiro atoms. The topological polar surface area (TPSA) is 52.6 Å². The van der Waals surface area contributed by atoms with Crippen LogP contribution in [0.2, 0.25) is 0 Å². The van der Waals surface area contributed by atoms with Gasteiger partial charge in [0, 0.05) is 0 Å². The number of allylic oxidation sites excluding steroid dienone is 4. The van der Waals surface area contributed by atoms with Crippen LogP contribution in [0.1, 0.15) is 214 Å². The van der Waals surface area contributed by atoms with Gasteiger partial charge < -0.3 is 9.47 Å². The number of carbonyl (C=O) groups is 2. The first kappa shape index (κ1) is 43.7. The molecule has 4 nitrogen and oxygen atoms in total. The van der Waals surface area contributed by atoms with Crippen molar-refractivity contribution >= 4 is 11.9 Å². The van der Waals surface area contributed by atoms with Crippen molar-refractivity contribution in [2.75, 3.05) is 13.2 Å². The van der Waals surface area contributed by atoms with Crippen molar-refractivity contribution < 1.29 is 19.1 Å². The second-order valence-corrected chi connectivity index (χ2v) is 13.7. The highest BCUT2D eigenvalue weighted by molar-refractivity contribution is 5.95. The third-order valence-corrected chi connectivity index (χ3v) is 9.11. The molecule has 1 rings (SSSR count). The molecule has 4 heteroatoms. The molecule has 0 aliphatic carbocycles. The average molecular weight is 667 g/mol. The van der Waals surface area contributed by atoms with Crippen molar-refractivity contribution in [1.82, 2.24) is 0 Å². The molecule has 0 saturated carbocycles. The van der Waals surface area contributed by atoms with Crippen LogP contribution in [0.5, 0.6) is 0 Å². The summed E-state index contributed by atoms with van der Waals surface area (Å²) >= 11 is 0. The molecule has 0 aromatic heterocycles. The van der Waals surface area contributed by atoms with Crippen LogP contribution < -0.4 is 0 Å². The molecular formula is C44H74O4. The van der Waals surface area contributed by atoms with Gasteiger partial charge in [0.05, 0.1) is 24.3 Å². The molecule has 274 valence electrons. The highest BCUT2D eigenvalue weighted by Gasteiger charge is 2.12. The van der Waals surface area contributed by atoms with Crippen molar-refractivity contribution in [3.63, 3.8) is 0 Å². The lowest BCUT2D eigenvalue weighted by Gasteiger charge is -2.08. The molecule has 1 aromatic carbocycles. The van der Waals surface area contributed by atoms with E-state index in [0.29, 0.717) is 24.3 Å². The minimum absolute atomic E-state index is 0.370. The molecule has 0 saturated heterocycles. The van der Waals surface area contributed by atoms with Crippen LogP contribution in [0.4, 0.5) is 0 Å². The summed E-state index contributed by atoms with van der Waals surface area (Å²) in [5.41, 5.74) is 0.817. The first-order valence-electron chi connectivity index (χ1n) is 20.4. The molecule has 0 amide bonds. The van der Waals surface area contributed by atoms with Gasteiger partial charge in [0.1, 0.15) is 0 Å². The Morgan fingerprint density at radius 2 is 0.729 bits per heavy atom. The highest BCUT2D eigenvalue weighted by Crippen LogP contribution is 2.14. The largest absolute Gasteiger partial charge is 0.462 e. The first-order valence-corrected chi connectivity index (χ1v) is 20.4. The van der Waals surface area contributed by atoms with E-state index in [9.17, 15) is 9.59 Å². The SMILES string of the molecule is CCCCCCCC/C=C\CCCCCCCCOC(=O)c1cccc(C(=O)OCCCCCCCC/C=C\CCCCCCCC)c1. The maximum Gasteiger partial charge on any atom is 0.338 e. The fraction of sp³-hybridized carbons (Fsp3) is 0.727. The van der Waals surface area contributed by atoms with Crippen LogP contribution in [0.15, 0.2) is 48.6 Å². The lowest BCUT2D eigenvalue weighted by molar-refractivity contribution is 0.0496. The van der Waals surface area contributed by atoms with Crippen LogP contribution in [0, 0.1) is 0 Å². The molecule has 0 radical (unpaired) electrons. The Balaban J connectivity index is 1.99. The molecule has 0 unspecified atom stereocenters.